The van der Waals surface area contributed by atoms with E-state index in [1.807, 2.05) is 35.1 Å². The third-order valence-corrected chi connectivity index (χ3v) is 4.20. The van der Waals surface area contributed by atoms with E-state index in [2.05, 4.69) is 17.1 Å². The number of carbonyl (C=O) groups excluding carboxylic acids is 1. The molecule has 3 rings (SSSR count). The molecular weight excluding hydrogens is 294 g/mol. The Kier molecular flexibility index (Phi) is 4.47. The highest BCUT2D eigenvalue weighted by Crippen LogP contribution is 2.27. The number of aromatic nitrogens is 4. The molecule has 0 bridgehead atoms. The van der Waals surface area contributed by atoms with Crippen molar-refractivity contribution < 1.29 is 9.53 Å². The maximum Gasteiger partial charge on any atom is 0.228 e. The van der Waals surface area contributed by atoms with Crippen LogP contribution < -0.4 is 0 Å². The normalized spacial score (nSPS) is 17.3. The number of ether oxygens (including phenoxy) is 1. The maximum absolute atomic E-state index is 12.6. The molecule has 0 aromatic carbocycles. The summed E-state index contributed by atoms with van der Waals surface area (Å²) in [5.74, 6) is 0.226. The van der Waals surface area contributed by atoms with Crippen LogP contribution in [0.15, 0.2) is 18.5 Å². The van der Waals surface area contributed by atoms with Gasteiger partial charge in [-0.3, -0.25) is 14.2 Å². The summed E-state index contributed by atoms with van der Waals surface area (Å²) in [6.07, 6.45) is 4.23. The van der Waals surface area contributed by atoms with Gasteiger partial charge in [-0.05, 0) is 13.0 Å². The van der Waals surface area contributed by atoms with Gasteiger partial charge in [0.2, 0.25) is 5.91 Å². The Bertz CT molecular complexity index is 690. The van der Waals surface area contributed by atoms with Crippen molar-refractivity contribution in [2.45, 2.75) is 32.4 Å². The standard InChI is InChI=1S/C16H23N5O2/c1-4-21-10-12-8-20(9-13(11-23-3)16(12)18-21)15(22)7-14-5-6-19(2)17-14/h5-6,10,13H,4,7-9,11H2,1-3H3/t13-/m0/s1. The van der Waals surface area contributed by atoms with E-state index in [0.717, 1.165) is 23.5 Å². The van der Waals surface area contributed by atoms with Gasteiger partial charge in [-0.1, -0.05) is 0 Å². The van der Waals surface area contributed by atoms with Crippen LogP contribution in [0.3, 0.4) is 0 Å². The fourth-order valence-corrected chi connectivity index (χ4v) is 3.07. The molecule has 0 radical (unpaired) electrons. The van der Waals surface area contributed by atoms with Gasteiger partial charge in [0.25, 0.3) is 0 Å². The Hall–Kier alpha value is -2.15. The number of hydrogen-bond donors (Lipinski definition) is 0. The molecule has 0 saturated carbocycles. The van der Waals surface area contributed by atoms with Crippen molar-refractivity contribution in [1.82, 2.24) is 24.5 Å². The SMILES string of the molecule is CCn1cc2c(n1)[C@H](COC)CN(C(=O)Cc1ccn(C)n1)C2. The topological polar surface area (TPSA) is 65.2 Å². The van der Waals surface area contributed by atoms with E-state index in [-0.39, 0.29) is 11.8 Å². The van der Waals surface area contributed by atoms with Gasteiger partial charge < -0.3 is 9.64 Å². The molecule has 0 spiro atoms. The Morgan fingerprint density at radius 2 is 2.26 bits per heavy atom. The molecule has 1 aliphatic rings. The monoisotopic (exact) mass is 317 g/mol. The first-order valence-corrected chi connectivity index (χ1v) is 7.92. The summed E-state index contributed by atoms with van der Waals surface area (Å²) in [6, 6.07) is 1.88. The molecule has 23 heavy (non-hydrogen) atoms. The highest BCUT2D eigenvalue weighted by Gasteiger charge is 2.31. The number of aryl methyl sites for hydroxylation is 2. The van der Waals surface area contributed by atoms with E-state index in [1.165, 1.54) is 0 Å². The molecule has 0 N–H and O–H groups in total. The molecule has 3 heterocycles. The largest absolute Gasteiger partial charge is 0.384 e. The lowest BCUT2D eigenvalue weighted by molar-refractivity contribution is -0.132. The lowest BCUT2D eigenvalue weighted by Gasteiger charge is -2.31. The minimum Gasteiger partial charge on any atom is -0.384 e. The summed E-state index contributed by atoms with van der Waals surface area (Å²) >= 11 is 0. The lowest BCUT2D eigenvalue weighted by Crippen LogP contribution is -2.40. The van der Waals surface area contributed by atoms with Crippen LogP contribution in [0.5, 0.6) is 0 Å². The average Bonchev–Trinajstić information content (AvgIpc) is 3.13. The van der Waals surface area contributed by atoms with Crippen LogP contribution in [0.1, 0.15) is 29.8 Å². The first-order valence-electron chi connectivity index (χ1n) is 7.92. The fraction of sp³-hybridized carbons (Fsp3) is 0.562. The smallest absolute Gasteiger partial charge is 0.228 e. The Balaban J connectivity index is 1.77. The molecule has 1 aliphatic heterocycles. The lowest BCUT2D eigenvalue weighted by atomic mass is 9.97. The van der Waals surface area contributed by atoms with E-state index in [0.29, 0.717) is 26.1 Å². The second kappa shape index (κ2) is 6.54. The molecule has 2 aromatic rings. The van der Waals surface area contributed by atoms with E-state index in [1.54, 1.807) is 11.8 Å². The minimum atomic E-state index is 0.0969. The van der Waals surface area contributed by atoms with E-state index >= 15 is 0 Å². The fourth-order valence-electron chi connectivity index (χ4n) is 3.07. The maximum atomic E-state index is 12.6. The highest BCUT2D eigenvalue weighted by atomic mass is 16.5. The summed E-state index contributed by atoms with van der Waals surface area (Å²) in [7, 11) is 3.54. The van der Waals surface area contributed by atoms with Gasteiger partial charge in [0.15, 0.2) is 0 Å². The molecule has 0 fully saturated rings. The molecule has 7 heteroatoms. The van der Waals surface area contributed by atoms with Gasteiger partial charge in [0.1, 0.15) is 0 Å². The van der Waals surface area contributed by atoms with Gasteiger partial charge in [-0.25, -0.2) is 0 Å². The number of rotatable bonds is 5. The molecule has 124 valence electrons. The third kappa shape index (κ3) is 3.29. The van der Waals surface area contributed by atoms with Gasteiger partial charge in [0.05, 0.1) is 24.4 Å². The zero-order valence-electron chi connectivity index (χ0n) is 13.9. The number of nitrogens with zero attached hydrogens (tertiary/aromatic N) is 5. The first kappa shape index (κ1) is 15.7. The van der Waals surface area contributed by atoms with Gasteiger partial charge >= 0.3 is 0 Å². The van der Waals surface area contributed by atoms with E-state index < -0.39 is 0 Å². The number of fused-ring (bicyclic) bond motifs is 1. The van der Waals surface area contributed by atoms with Crippen molar-refractivity contribution >= 4 is 5.91 Å². The molecule has 0 saturated heterocycles. The second-order valence-electron chi connectivity index (χ2n) is 5.98. The van der Waals surface area contributed by atoms with E-state index in [4.69, 9.17) is 4.74 Å². The first-order chi connectivity index (χ1) is 11.1. The number of amides is 1. The van der Waals surface area contributed by atoms with Crippen LogP contribution in [-0.4, -0.2) is 50.6 Å². The van der Waals surface area contributed by atoms with Crippen molar-refractivity contribution in [2.75, 3.05) is 20.3 Å². The molecule has 1 atom stereocenters. The highest BCUT2D eigenvalue weighted by molar-refractivity contribution is 5.78. The predicted molar refractivity (Wildman–Crippen MR) is 84.8 cm³/mol. The van der Waals surface area contributed by atoms with Crippen LogP contribution in [0, 0.1) is 0 Å². The summed E-state index contributed by atoms with van der Waals surface area (Å²) in [6.45, 7) is 4.72. The second-order valence-corrected chi connectivity index (χ2v) is 5.98. The average molecular weight is 317 g/mol. The predicted octanol–water partition coefficient (Wildman–Crippen LogP) is 0.951. The van der Waals surface area contributed by atoms with Crippen LogP contribution >= 0.6 is 0 Å². The summed E-state index contributed by atoms with van der Waals surface area (Å²) in [5.41, 5.74) is 2.99. The van der Waals surface area contributed by atoms with Crippen molar-refractivity contribution in [1.29, 1.82) is 0 Å². The van der Waals surface area contributed by atoms with Gasteiger partial charge in [0, 0.05) is 57.7 Å². The van der Waals surface area contributed by atoms with Crippen molar-refractivity contribution in [2.24, 2.45) is 7.05 Å². The summed E-state index contributed by atoms with van der Waals surface area (Å²) in [4.78, 5) is 14.5. The van der Waals surface area contributed by atoms with Crippen molar-refractivity contribution in [3.63, 3.8) is 0 Å². The molecule has 0 aliphatic carbocycles. The van der Waals surface area contributed by atoms with Crippen LogP contribution in [0.4, 0.5) is 0 Å². The number of hydrogen-bond acceptors (Lipinski definition) is 4. The Morgan fingerprint density at radius 1 is 1.43 bits per heavy atom. The van der Waals surface area contributed by atoms with Crippen molar-refractivity contribution in [3.05, 3.63) is 35.4 Å². The van der Waals surface area contributed by atoms with Gasteiger partial charge in [-0.15, -0.1) is 0 Å². The summed E-state index contributed by atoms with van der Waals surface area (Å²) < 4.78 is 8.98. The quantitative estimate of drug-likeness (QED) is 0.823. The van der Waals surface area contributed by atoms with Crippen molar-refractivity contribution in [3.8, 4) is 0 Å². The van der Waals surface area contributed by atoms with Crippen LogP contribution in [0.2, 0.25) is 0 Å². The Labute approximate surface area is 135 Å². The Morgan fingerprint density at radius 3 is 2.91 bits per heavy atom. The van der Waals surface area contributed by atoms with Gasteiger partial charge in [-0.2, -0.15) is 10.2 Å². The molecule has 0 unspecified atom stereocenters. The van der Waals surface area contributed by atoms with E-state index in [9.17, 15) is 4.79 Å². The number of methoxy groups -OCH3 is 1. The molecule has 1 amide bonds. The van der Waals surface area contributed by atoms with Crippen LogP contribution in [-0.2, 0) is 36.1 Å². The summed E-state index contributed by atoms with van der Waals surface area (Å²) in [5, 5.41) is 8.92. The molecule has 2 aromatic heterocycles. The molecular formula is C16H23N5O2. The third-order valence-electron chi connectivity index (χ3n) is 4.20. The zero-order valence-corrected chi connectivity index (χ0v) is 13.9. The zero-order chi connectivity index (χ0) is 16.4. The van der Waals surface area contributed by atoms with Crippen LogP contribution in [0.25, 0.3) is 0 Å². The number of carbonyl (C=O) groups is 1. The molecule has 7 nitrogen and oxygen atoms in total. The minimum absolute atomic E-state index is 0.0969.